The minimum atomic E-state index is -4.49. The van der Waals surface area contributed by atoms with E-state index in [0.29, 0.717) is 12.8 Å². The first-order valence-electron chi connectivity index (χ1n) is 12.3. The summed E-state index contributed by atoms with van der Waals surface area (Å²) in [6.45, 7) is 8.40. The van der Waals surface area contributed by atoms with E-state index in [1.807, 2.05) is 0 Å². The van der Waals surface area contributed by atoms with Crippen molar-refractivity contribution in [2.24, 2.45) is 0 Å². The monoisotopic (exact) mass is 505 g/mol. The van der Waals surface area contributed by atoms with Crippen molar-refractivity contribution in [3.63, 3.8) is 0 Å². The topological polar surface area (TPSA) is 53.1 Å². The number of ether oxygens (including phenoxy) is 1. The van der Waals surface area contributed by atoms with Crippen LogP contribution in [-0.4, -0.2) is 87.6 Å². The maximum absolute atomic E-state index is 13.1. The fraction of sp³-hybridized carbons (Fsp3) is 0.750. The SMILES string of the molecule is CCN(C1CCC(OCCCCN2CCN(C)CC2)CC1)S(=O)(=O)c1ccc(C(F)(F)F)cc1. The number of rotatable bonds is 10. The van der Waals surface area contributed by atoms with Gasteiger partial charge in [0.05, 0.1) is 16.6 Å². The minimum absolute atomic E-state index is 0.0962. The van der Waals surface area contributed by atoms with E-state index in [0.717, 1.165) is 89.3 Å². The largest absolute Gasteiger partial charge is 0.416 e. The molecule has 0 N–H and O–H groups in total. The van der Waals surface area contributed by atoms with Crippen LogP contribution in [0.2, 0.25) is 0 Å². The first-order valence-corrected chi connectivity index (χ1v) is 13.8. The van der Waals surface area contributed by atoms with Gasteiger partial charge < -0.3 is 14.5 Å². The van der Waals surface area contributed by atoms with Gasteiger partial charge in [-0.05, 0) is 76.4 Å². The van der Waals surface area contributed by atoms with E-state index in [4.69, 9.17) is 4.74 Å². The van der Waals surface area contributed by atoms with Crippen molar-refractivity contribution in [3.8, 4) is 0 Å². The molecule has 1 aliphatic heterocycles. The molecule has 6 nitrogen and oxygen atoms in total. The Kier molecular flexibility index (Phi) is 9.80. The molecule has 0 spiro atoms. The van der Waals surface area contributed by atoms with E-state index < -0.39 is 21.8 Å². The number of alkyl halides is 3. The first-order chi connectivity index (χ1) is 16.1. The number of halogens is 3. The van der Waals surface area contributed by atoms with Crippen LogP contribution in [-0.2, 0) is 20.9 Å². The molecule has 194 valence electrons. The lowest BCUT2D eigenvalue weighted by atomic mass is 9.93. The third-order valence-electron chi connectivity index (χ3n) is 6.97. The van der Waals surface area contributed by atoms with Crippen molar-refractivity contribution in [2.75, 3.05) is 52.9 Å². The summed E-state index contributed by atoms with van der Waals surface area (Å²) >= 11 is 0. The molecule has 2 fully saturated rings. The number of hydrogen-bond acceptors (Lipinski definition) is 5. The highest BCUT2D eigenvalue weighted by molar-refractivity contribution is 7.89. The molecule has 1 saturated heterocycles. The molecule has 0 unspecified atom stereocenters. The predicted octanol–water partition coefficient (Wildman–Crippen LogP) is 4.07. The molecule has 3 rings (SSSR count). The van der Waals surface area contributed by atoms with Crippen LogP contribution in [0.25, 0.3) is 0 Å². The van der Waals surface area contributed by atoms with E-state index in [1.165, 1.54) is 4.31 Å². The molecule has 1 heterocycles. The highest BCUT2D eigenvalue weighted by Gasteiger charge is 2.35. The van der Waals surface area contributed by atoms with E-state index in [9.17, 15) is 21.6 Å². The number of likely N-dealkylation sites (N-methyl/N-ethyl adjacent to an activating group) is 1. The lowest BCUT2D eigenvalue weighted by molar-refractivity contribution is -0.137. The average molecular weight is 506 g/mol. The molecule has 10 heteroatoms. The van der Waals surface area contributed by atoms with E-state index in [1.54, 1.807) is 6.92 Å². The summed E-state index contributed by atoms with van der Waals surface area (Å²) in [5, 5.41) is 0. The van der Waals surface area contributed by atoms with Gasteiger partial charge in [-0.2, -0.15) is 17.5 Å². The second-order valence-electron chi connectivity index (χ2n) is 9.38. The van der Waals surface area contributed by atoms with E-state index >= 15 is 0 Å². The fourth-order valence-electron chi connectivity index (χ4n) is 4.83. The Morgan fingerprint density at radius 2 is 1.62 bits per heavy atom. The average Bonchev–Trinajstić information content (AvgIpc) is 2.81. The Hall–Kier alpha value is -1.20. The van der Waals surface area contributed by atoms with Crippen LogP contribution < -0.4 is 0 Å². The van der Waals surface area contributed by atoms with Crippen molar-refractivity contribution in [1.82, 2.24) is 14.1 Å². The van der Waals surface area contributed by atoms with Gasteiger partial charge in [-0.3, -0.25) is 0 Å². The molecule has 1 aromatic carbocycles. The maximum Gasteiger partial charge on any atom is 0.416 e. The molecular formula is C24H38F3N3O3S. The quantitative estimate of drug-likeness (QED) is 0.449. The number of benzene rings is 1. The van der Waals surface area contributed by atoms with Crippen molar-refractivity contribution in [1.29, 1.82) is 0 Å². The minimum Gasteiger partial charge on any atom is -0.378 e. The number of sulfonamides is 1. The molecule has 1 aliphatic carbocycles. The summed E-state index contributed by atoms with van der Waals surface area (Å²) in [6, 6.07) is 3.61. The highest BCUT2D eigenvalue weighted by atomic mass is 32.2. The number of nitrogens with zero attached hydrogens (tertiary/aromatic N) is 3. The van der Waals surface area contributed by atoms with Crippen molar-refractivity contribution < 1.29 is 26.3 Å². The second kappa shape index (κ2) is 12.2. The van der Waals surface area contributed by atoms with Gasteiger partial charge in [-0.1, -0.05) is 6.92 Å². The molecule has 0 amide bonds. The summed E-state index contributed by atoms with van der Waals surface area (Å²) < 4.78 is 72.2. The summed E-state index contributed by atoms with van der Waals surface area (Å²) in [7, 11) is -1.69. The van der Waals surface area contributed by atoms with Crippen LogP contribution in [0.4, 0.5) is 13.2 Å². The fourth-order valence-corrected chi connectivity index (χ4v) is 6.53. The van der Waals surface area contributed by atoms with Gasteiger partial charge >= 0.3 is 6.18 Å². The van der Waals surface area contributed by atoms with E-state index in [-0.39, 0.29) is 23.6 Å². The summed E-state index contributed by atoms with van der Waals surface area (Å²) in [4.78, 5) is 4.76. The number of piperazine rings is 1. The number of unbranched alkanes of at least 4 members (excludes halogenated alkanes) is 1. The molecule has 1 saturated carbocycles. The van der Waals surface area contributed by atoms with Gasteiger partial charge in [0.1, 0.15) is 0 Å². The smallest absolute Gasteiger partial charge is 0.378 e. The van der Waals surface area contributed by atoms with Gasteiger partial charge in [0.15, 0.2) is 0 Å². The first kappa shape index (κ1) is 27.4. The van der Waals surface area contributed by atoms with Crippen molar-refractivity contribution >= 4 is 10.0 Å². The Morgan fingerprint density at radius 1 is 1.00 bits per heavy atom. The van der Waals surface area contributed by atoms with Gasteiger partial charge in [0.2, 0.25) is 10.0 Å². The third-order valence-corrected chi connectivity index (χ3v) is 9.01. The standard InChI is InChI=1S/C24H38F3N3O3S/c1-3-30(34(31,32)23-12-6-20(7-13-23)24(25,26)27)21-8-10-22(11-9-21)33-19-5-4-14-29-17-15-28(2)16-18-29/h6-7,12-13,21-22H,3-5,8-11,14-19H2,1-2H3. The summed E-state index contributed by atoms with van der Waals surface area (Å²) in [5.41, 5.74) is -0.851. The number of hydrogen-bond donors (Lipinski definition) is 0. The predicted molar refractivity (Wildman–Crippen MR) is 126 cm³/mol. The van der Waals surface area contributed by atoms with E-state index in [2.05, 4.69) is 16.8 Å². The van der Waals surface area contributed by atoms with Crippen LogP contribution in [0.5, 0.6) is 0 Å². The highest BCUT2D eigenvalue weighted by Crippen LogP contribution is 2.32. The van der Waals surface area contributed by atoms with Crippen molar-refractivity contribution in [3.05, 3.63) is 29.8 Å². The molecule has 2 aliphatic rings. The lowest BCUT2D eigenvalue weighted by Gasteiger charge is -2.35. The lowest BCUT2D eigenvalue weighted by Crippen LogP contribution is -2.44. The molecule has 0 atom stereocenters. The normalized spacial score (nSPS) is 23.5. The van der Waals surface area contributed by atoms with Gasteiger partial charge in [0, 0.05) is 45.4 Å². The van der Waals surface area contributed by atoms with Gasteiger partial charge in [-0.25, -0.2) is 8.42 Å². The van der Waals surface area contributed by atoms with Crippen LogP contribution in [0, 0.1) is 0 Å². The molecule has 0 radical (unpaired) electrons. The van der Waals surface area contributed by atoms with Crippen LogP contribution in [0.1, 0.15) is 51.0 Å². The molecular weight excluding hydrogens is 467 g/mol. The Balaban J connectivity index is 1.42. The van der Waals surface area contributed by atoms with Crippen LogP contribution in [0.3, 0.4) is 0 Å². The van der Waals surface area contributed by atoms with Crippen LogP contribution >= 0.6 is 0 Å². The van der Waals surface area contributed by atoms with Gasteiger partial charge in [-0.15, -0.1) is 0 Å². The molecule has 1 aromatic rings. The Bertz CT molecular complexity index is 848. The third kappa shape index (κ3) is 7.40. The van der Waals surface area contributed by atoms with Crippen molar-refractivity contribution in [2.45, 2.75) is 68.7 Å². The molecule has 0 aromatic heterocycles. The summed E-state index contributed by atoms with van der Waals surface area (Å²) in [5.74, 6) is 0. The summed E-state index contributed by atoms with van der Waals surface area (Å²) in [6.07, 6.45) is 0.774. The Morgan fingerprint density at radius 3 is 2.18 bits per heavy atom. The zero-order valence-corrected chi connectivity index (χ0v) is 21.1. The zero-order chi connectivity index (χ0) is 24.8. The second-order valence-corrected chi connectivity index (χ2v) is 11.3. The van der Waals surface area contributed by atoms with Gasteiger partial charge in [0.25, 0.3) is 0 Å². The molecule has 34 heavy (non-hydrogen) atoms. The van der Waals surface area contributed by atoms with Crippen LogP contribution in [0.15, 0.2) is 29.2 Å². The Labute approximate surface area is 202 Å². The maximum atomic E-state index is 13.1. The zero-order valence-electron chi connectivity index (χ0n) is 20.3. The molecule has 0 bridgehead atoms.